The Balaban J connectivity index is 2.56. The van der Waals surface area contributed by atoms with Gasteiger partial charge in [-0.15, -0.1) is 0 Å². The van der Waals surface area contributed by atoms with Crippen molar-refractivity contribution in [3.63, 3.8) is 0 Å². The van der Waals surface area contributed by atoms with E-state index in [0.29, 0.717) is 18.6 Å². The van der Waals surface area contributed by atoms with E-state index in [9.17, 15) is 9.90 Å². The Bertz CT molecular complexity index is 197. The summed E-state index contributed by atoms with van der Waals surface area (Å²) in [5.41, 5.74) is 0.591. The molecule has 1 aliphatic rings. The Hall–Kier alpha value is -1.03. The molecule has 12 heavy (non-hydrogen) atoms. The summed E-state index contributed by atoms with van der Waals surface area (Å²) in [6.07, 6.45) is 1.80. The highest BCUT2D eigenvalue weighted by Crippen LogP contribution is 2.16. The van der Waals surface area contributed by atoms with Crippen LogP contribution in [0.25, 0.3) is 0 Å². The van der Waals surface area contributed by atoms with Gasteiger partial charge >= 0.3 is 5.97 Å². The molecule has 0 saturated carbocycles. The minimum atomic E-state index is -1.16. The fourth-order valence-corrected chi connectivity index (χ4v) is 1.05. The SMILES string of the molecule is COC(=O)C(O)C1=COCCC1. The lowest BCUT2D eigenvalue weighted by molar-refractivity contribution is -0.148. The summed E-state index contributed by atoms with van der Waals surface area (Å²) in [5, 5.41) is 9.32. The summed E-state index contributed by atoms with van der Waals surface area (Å²) < 4.78 is 9.35. The maximum absolute atomic E-state index is 10.8. The number of methoxy groups -OCH3 is 1. The van der Waals surface area contributed by atoms with Crippen LogP contribution in [0.2, 0.25) is 0 Å². The Morgan fingerprint density at radius 2 is 2.58 bits per heavy atom. The summed E-state index contributed by atoms with van der Waals surface area (Å²) in [6.45, 7) is 0.650. The Kier molecular flexibility index (Phi) is 3.10. The van der Waals surface area contributed by atoms with E-state index >= 15 is 0 Å². The molecule has 4 heteroatoms. The Morgan fingerprint density at radius 3 is 3.08 bits per heavy atom. The quantitative estimate of drug-likeness (QED) is 0.605. The molecule has 1 aliphatic heterocycles. The number of hydrogen-bond donors (Lipinski definition) is 1. The first kappa shape index (κ1) is 9.06. The van der Waals surface area contributed by atoms with E-state index < -0.39 is 12.1 Å². The second-order valence-corrected chi connectivity index (χ2v) is 2.59. The minimum absolute atomic E-state index is 0.591. The molecule has 0 aromatic heterocycles. The zero-order valence-electron chi connectivity index (χ0n) is 6.95. The third kappa shape index (κ3) is 1.98. The lowest BCUT2D eigenvalue weighted by Gasteiger charge is -2.16. The molecule has 68 valence electrons. The number of ether oxygens (including phenoxy) is 2. The number of carbonyl (C=O) groups excluding carboxylic acids is 1. The Morgan fingerprint density at radius 1 is 1.83 bits per heavy atom. The molecule has 1 rings (SSSR count). The molecule has 0 saturated heterocycles. The number of aliphatic hydroxyl groups excluding tert-OH is 1. The van der Waals surface area contributed by atoms with Gasteiger partial charge in [-0.2, -0.15) is 0 Å². The Labute approximate surface area is 70.8 Å². The summed E-state index contributed by atoms with van der Waals surface area (Å²) in [5.74, 6) is -0.633. The first-order valence-corrected chi connectivity index (χ1v) is 3.82. The van der Waals surface area contributed by atoms with Crippen molar-refractivity contribution in [1.29, 1.82) is 0 Å². The minimum Gasteiger partial charge on any atom is -0.501 e. The maximum Gasteiger partial charge on any atom is 0.339 e. The molecular weight excluding hydrogens is 160 g/mol. The van der Waals surface area contributed by atoms with Crippen molar-refractivity contribution in [1.82, 2.24) is 0 Å². The highest BCUT2D eigenvalue weighted by atomic mass is 16.5. The van der Waals surface area contributed by atoms with E-state index in [1.54, 1.807) is 0 Å². The summed E-state index contributed by atoms with van der Waals surface area (Å²) >= 11 is 0. The van der Waals surface area contributed by atoms with Crippen LogP contribution in [0.1, 0.15) is 12.8 Å². The number of rotatable bonds is 2. The molecule has 0 fully saturated rings. The first-order chi connectivity index (χ1) is 5.75. The van der Waals surface area contributed by atoms with E-state index in [1.165, 1.54) is 13.4 Å². The second kappa shape index (κ2) is 4.11. The van der Waals surface area contributed by atoms with Crippen LogP contribution in [0.15, 0.2) is 11.8 Å². The van der Waals surface area contributed by atoms with Crippen LogP contribution >= 0.6 is 0 Å². The highest BCUT2D eigenvalue weighted by Gasteiger charge is 2.22. The van der Waals surface area contributed by atoms with Crippen LogP contribution in [-0.2, 0) is 14.3 Å². The predicted octanol–water partition coefficient (Wildman–Crippen LogP) is 0.215. The number of carbonyl (C=O) groups is 1. The van der Waals surface area contributed by atoms with E-state index in [4.69, 9.17) is 4.74 Å². The molecular formula is C8H12O4. The molecule has 1 unspecified atom stereocenters. The van der Waals surface area contributed by atoms with E-state index in [2.05, 4.69) is 4.74 Å². The molecule has 0 aromatic carbocycles. The number of esters is 1. The second-order valence-electron chi connectivity index (χ2n) is 2.59. The van der Waals surface area contributed by atoms with Crippen molar-refractivity contribution in [2.24, 2.45) is 0 Å². The standard InChI is InChI=1S/C8H12O4/c1-11-8(10)7(9)6-3-2-4-12-5-6/h5,7,9H,2-4H2,1H3. The topological polar surface area (TPSA) is 55.8 Å². The van der Waals surface area contributed by atoms with Crippen LogP contribution in [0.4, 0.5) is 0 Å². The van der Waals surface area contributed by atoms with Crippen LogP contribution in [0.3, 0.4) is 0 Å². The molecule has 1 atom stereocenters. The van der Waals surface area contributed by atoms with Gasteiger partial charge in [-0.3, -0.25) is 0 Å². The van der Waals surface area contributed by atoms with Gasteiger partial charge in [-0.1, -0.05) is 0 Å². The molecule has 1 heterocycles. The zero-order chi connectivity index (χ0) is 8.97. The van der Waals surface area contributed by atoms with E-state index in [0.717, 1.165) is 6.42 Å². The van der Waals surface area contributed by atoms with Gasteiger partial charge in [-0.25, -0.2) is 4.79 Å². The van der Waals surface area contributed by atoms with E-state index in [-0.39, 0.29) is 0 Å². The van der Waals surface area contributed by atoms with Crippen molar-refractivity contribution >= 4 is 5.97 Å². The molecule has 0 bridgehead atoms. The summed E-state index contributed by atoms with van der Waals surface area (Å²) in [4.78, 5) is 10.8. The number of hydrogen-bond acceptors (Lipinski definition) is 4. The lowest BCUT2D eigenvalue weighted by atomic mass is 10.1. The molecule has 0 amide bonds. The van der Waals surface area contributed by atoms with Gasteiger partial charge in [0.1, 0.15) is 0 Å². The van der Waals surface area contributed by atoms with Gasteiger partial charge in [-0.05, 0) is 12.8 Å². The average molecular weight is 172 g/mol. The van der Waals surface area contributed by atoms with Gasteiger partial charge in [0.05, 0.1) is 20.0 Å². The van der Waals surface area contributed by atoms with Crippen LogP contribution in [0.5, 0.6) is 0 Å². The third-order valence-corrected chi connectivity index (χ3v) is 1.74. The van der Waals surface area contributed by atoms with Crippen molar-refractivity contribution in [2.75, 3.05) is 13.7 Å². The fraction of sp³-hybridized carbons (Fsp3) is 0.625. The van der Waals surface area contributed by atoms with Crippen LogP contribution in [-0.4, -0.2) is 30.9 Å². The van der Waals surface area contributed by atoms with Gasteiger partial charge in [0.2, 0.25) is 0 Å². The zero-order valence-corrected chi connectivity index (χ0v) is 6.95. The van der Waals surface area contributed by atoms with Crippen molar-refractivity contribution in [3.05, 3.63) is 11.8 Å². The van der Waals surface area contributed by atoms with E-state index in [1.807, 2.05) is 0 Å². The first-order valence-electron chi connectivity index (χ1n) is 3.82. The molecule has 0 spiro atoms. The van der Waals surface area contributed by atoms with Gasteiger partial charge in [0.15, 0.2) is 6.10 Å². The maximum atomic E-state index is 10.8. The molecule has 0 radical (unpaired) electrons. The van der Waals surface area contributed by atoms with Gasteiger partial charge in [0, 0.05) is 5.57 Å². The smallest absolute Gasteiger partial charge is 0.339 e. The van der Waals surface area contributed by atoms with Crippen molar-refractivity contribution in [2.45, 2.75) is 18.9 Å². The largest absolute Gasteiger partial charge is 0.501 e. The van der Waals surface area contributed by atoms with Crippen molar-refractivity contribution in [3.8, 4) is 0 Å². The van der Waals surface area contributed by atoms with Crippen LogP contribution in [0, 0.1) is 0 Å². The van der Waals surface area contributed by atoms with Crippen LogP contribution < -0.4 is 0 Å². The highest BCUT2D eigenvalue weighted by molar-refractivity contribution is 5.77. The summed E-state index contributed by atoms with van der Waals surface area (Å²) in [6, 6.07) is 0. The third-order valence-electron chi connectivity index (χ3n) is 1.74. The predicted molar refractivity (Wildman–Crippen MR) is 41.3 cm³/mol. The number of aliphatic hydroxyl groups is 1. The van der Waals surface area contributed by atoms with Crippen molar-refractivity contribution < 1.29 is 19.4 Å². The van der Waals surface area contributed by atoms with Gasteiger partial charge < -0.3 is 14.6 Å². The lowest BCUT2D eigenvalue weighted by Crippen LogP contribution is -2.25. The molecule has 0 aliphatic carbocycles. The monoisotopic (exact) mass is 172 g/mol. The molecule has 0 aromatic rings. The molecule has 4 nitrogen and oxygen atoms in total. The fourth-order valence-electron chi connectivity index (χ4n) is 1.05. The normalized spacial score (nSPS) is 19.0. The average Bonchev–Trinajstić information content (AvgIpc) is 2.17. The molecule has 1 N–H and O–H groups in total. The van der Waals surface area contributed by atoms with Gasteiger partial charge in [0.25, 0.3) is 0 Å². The summed E-state index contributed by atoms with van der Waals surface area (Å²) in [7, 11) is 1.25.